The number of rotatable bonds is 6. The van der Waals surface area contributed by atoms with Crippen LogP contribution in [0.5, 0.6) is 0 Å². The molecule has 2 heterocycles. The van der Waals surface area contributed by atoms with Gasteiger partial charge in [-0.1, -0.05) is 26.7 Å². The first-order chi connectivity index (χ1) is 10.3. The Morgan fingerprint density at radius 2 is 2.24 bits per heavy atom. The highest BCUT2D eigenvalue weighted by atomic mass is 16.6. The van der Waals surface area contributed by atoms with Crippen molar-refractivity contribution in [2.75, 3.05) is 13.1 Å². The summed E-state index contributed by atoms with van der Waals surface area (Å²) in [5.41, 5.74) is 0. The number of carbonyl (C=O) groups is 1. The van der Waals surface area contributed by atoms with Crippen molar-refractivity contribution in [3.8, 4) is 0 Å². The van der Waals surface area contributed by atoms with Gasteiger partial charge < -0.3 is 9.64 Å². The number of hydrogen-bond donors (Lipinski definition) is 0. The molecule has 0 spiro atoms. The largest absolute Gasteiger partial charge is 0.441 e. The third kappa shape index (κ3) is 4.45. The molecule has 0 aromatic rings. The Morgan fingerprint density at radius 1 is 1.38 bits per heavy atom. The lowest BCUT2D eigenvalue weighted by molar-refractivity contribution is -0.161. The third-order valence-corrected chi connectivity index (χ3v) is 4.62. The first-order valence-electron chi connectivity index (χ1n) is 8.76. The minimum Gasteiger partial charge on any atom is -0.441 e. The lowest BCUT2D eigenvalue weighted by atomic mass is 10.00. The average molecular weight is 294 g/mol. The fourth-order valence-corrected chi connectivity index (χ4v) is 3.25. The Kier molecular flexibility index (Phi) is 6.52. The van der Waals surface area contributed by atoms with Crippen molar-refractivity contribution in [1.29, 1.82) is 0 Å². The molecule has 1 fully saturated rings. The second-order valence-electron chi connectivity index (χ2n) is 6.23. The lowest BCUT2D eigenvalue weighted by Crippen LogP contribution is -2.45. The van der Waals surface area contributed by atoms with E-state index in [1.165, 1.54) is 0 Å². The summed E-state index contributed by atoms with van der Waals surface area (Å²) in [5, 5.41) is 0. The first-order valence-corrected chi connectivity index (χ1v) is 8.76. The van der Waals surface area contributed by atoms with Crippen molar-refractivity contribution in [3.05, 3.63) is 0 Å². The normalized spacial score (nSPS) is 23.8. The molecule has 2 aliphatic rings. The minimum atomic E-state index is -0.0743. The smallest absolute Gasteiger partial charge is 0.310 e. The van der Waals surface area contributed by atoms with Crippen molar-refractivity contribution in [1.82, 2.24) is 4.90 Å². The summed E-state index contributed by atoms with van der Waals surface area (Å²) >= 11 is 0. The van der Waals surface area contributed by atoms with Crippen LogP contribution in [-0.2, 0) is 9.53 Å². The quantitative estimate of drug-likeness (QED) is 0.701. The van der Waals surface area contributed by atoms with Crippen LogP contribution in [0.2, 0.25) is 0 Å². The van der Waals surface area contributed by atoms with E-state index in [1.54, 1.807) is 0 Å². The van der Waals surface area contributed by atoms with Crippen LogP contribution >= 0.6 is 0 Å². The Labute approximate surface area is 128 Å². The average Bonchev–Trinajstić information content (AvgIpc) is 2.71. The van der Waals surface area contributed by atoms with E-state index in [1.807, 2.05) is 0 Å². The number of ether oxygens (including phenoxy) is 1. The van der Waals surface area contributed by atoms with Gasteiger partial charge in [0.25, 0.3) is 0 Å². The van der Waals surface area contributed by atoms with E-state index < -0.39 is 0 Å². The molecule has 0 aliphatic carbocycles. The predicted molar refractivity (Wildman–Crippen MR) is 85.3 cm³/mol. The van der Waals surface area contributed by atoms with Gasteiger partial charge in [0.2, 0.25) is 0 Å². The van der Waals surface area contributed by atoms with Crippen LogP contribution in [0.3, 0.4) is 0 Å². The highest BCUT2D eigenvalue weighted by Crippen LogP contribution is 2.24. The van der Waals surface area contributed by atoms with Gasteiger partial charge in [-0.05, 0) is 32.1 Å². The maximum Gasteiger partial charge on any atom is 0.310 e. The van der Waals surface area contributed by atoms with Crippen LogP contribution in [0.4, 0.5) is 0 Å². The molecule has 2 atom stereocenters. The minimum absolute atomic E-state index is 0.00257. The molecule has 2 unspecified atom stereocenters. The Balaban J connectivity index is 1.97. The summed E-state index contributed by atoms with van der Waals surface area (Å²) < 4.78 is 5.90. The molecular formula is C17H30N2O2. The van der Waals surface area contributed by atoms with Crippen molar-refractivity contribution in [3.63, 3.8) is 0 Å². The summed E-state index contributed by atoms with van der Waals surface area (Å²) in [7, 11) is 0. The predicted octanol–water partition coefficient (Wildman–Crippen LogP) is 3.75. The first kappa shape index (κ1) is 16.3. The molecule has 2 rings (SSSR count). The highest BCUT2D eigenvalue weighted by Gasteiger charge is 2.30. The molecule has 0 aromatic carbocycles. The molecular weight excluding hydrogens is 264 g/mol. The zero-order valence-corrected chi connectivity index (χ0v) is 13.6. The van der Waals surface area contributed by atoms with Gasteiger partial charge in [-0.15, -0.1) is 0 Å². The maximum atomic E-state index is 12.4. The van der Waals surface area contributed by atoms with Crippen molar-refractivity contribution >= 4 is 11.8 Å². The Bertz CT molecular complexity index is 368. The van der Waals surface area contributed by atoms with E-state index >= 15 is 0 Å². The summed E-state index contributed by atoms with van der Waals surface area (Å²) in [6.07, 6.45) is 9.36. The van der Waals surface area contributed by atoms with Gasteiger partial charge in [0, 0.05) is 25.9 Å². The number of carbonyl (C=O) groups excluding carboxylic acids is 1. The van der Waals surface area contributed by atoms with Crippen LogP contribution in [0.15, 0.2) is 4.99 Å². The van der Waals surface area contributed by atoms with Gasteiger partial charge in [0.15, 0.2) is 6.23 Å². The third-order valence-electron chi connectivity index (χ3n) is 4.62. The summed E-state index contributed by atoms with van der Waals surface area (Å²) in [5.74, 6) is 1.24. The van der Waals surface area contributed by atoms with Crippen LogP contribution in [0.1, 0.15) is 71.6 Å². The highest BCUT2D eigenvalue weighted by molar-refractivity contribution is 5.83. The molecule has 0 bridgehead atoms. The molecule has 21 heavy (non-hydrogen) atoms. The molecule has 0 amide bonds. The molecule has 4 heteroatoms. The van der Waals surface area contributed by atoms with Gasteiger partial charge in [-0.2, -0.15) is 0 Å². The van der Waals surface area contributed by atoms with Crippen LogP contribution in [0, 0.1) is 5.92 Å². The van der Waals surface area contributed by atoms with Crippen molar-refractivity contribution in [2.45, 2.75) is 77.9 Å². The summed E-state index contributed by atoms with van der Waals surface area (Å²) in [6, 6.07) is 0. The number of unbranched alkanes of at least 4 members (excludes halogenated alkanes) is 1. The van der Waals surface area contributed by atoms with E-state index in [0.29, 0.717) is 0 Å². The van der Waals surface area contributed by atoms with Crippen molar-refractivity contribution < 1.29 is 9.53 Å². The summed E-state index contributed by atoms with van der Waals surface area (Å²) in [4.78, 5) is 19.3. The lowest BCUT2D eigenvalue weighted by Gasteiger charge is -2.35. The second kappa shape index (κ2) is 8.40. The van der Waals surface area contributed by atoms with E-state index in [0.717, 1.165) is 76.7 Å². The number of aliphatic imine (C=N–C) groups is 1. The van der Waals surface area contributed by atoms with Crippen LogP contribution < -0.4 is 0 Å². The van der Waals surface area contributed by atoms with Crippen LogP contribution in [-0.4, -0.2) is 36.0 Å². The van der Waals surface area contributed by atoms with Gasteiger partial charge in [-0.3, -0.25) is 9.79 Å². The van der Waals surface area contributed by atoms with Crippen LogP contribution in [0.25, 0.3) is 0 Å². The molecule has 1 saturated heterocycles. The molecule has 4 nitrogen and oxygen atoms in total. The topological polar surface area (TPSA) is 41.9 Å². The van der Waals surface area contributed by atoms with E-state index in [2.05, 4.69) is 23.7 Å². The molecule has 0 saturated carbocycles. The van der Waals surface area contributed by atoms with E-state index in [-0.39, 0.29) is 18.1 Å². The van der Waals surface area contributed by atoms with Crippen molar-refractivity contribution in [2.24, 2.45) is 10.9 Å². The Hall–Kier alpha value is -1.06. The van der Waals surface area contributed by atoms with E-state index in [4.69, 9.17) is 4.74 Å². The standard InChI is InChI=1S/C17H30N2O2/c1-3-5-9-14(4-2)17(20)21-16-11-7-6-10-15-18-12-8-13-19(15)16/h14,16H,3-13H2,1-2H3. The molecule has 120 valence electrons. The fourth-order valence-electron chi connectivity index (χ4n) is 3.25. The molecule has 2 aliphatic heterocycles. The Morgan fingerprint density at radius 3 is 3.00 bits per heavy atom. The summed E-state index contributed by atoms with van der Waals surface area (Å²) in [6.45, 7) is 6.17. The van der Waals surface area contributed by atoms with E-state index in [9.17, 15) is 4.79 Å². The monoisotopic (exact) mass is 294 g/mol. The zero-order chi connectivity index (χ0) is 15.1. The SMILES string of the molecule is CCCCC(CC)C(=O)OC1CCCCC2=NCCCN21. The maximum absolute atomic E-state index is 12.4. The molecule has 0 N–H and O–H groups in total. The molecule has 0 radical (unpaired) electrons. The fraction of sp³-hybridized carbons (Fsp3) is 0.882. The van der Waals surface area contributed by atoms with Gasteiger partial charge in [-0.25, -0.2) is 0 Å². The van der Waals surface area contributed by atoms with Gasteiger partial charge in [0.05, 0.1) is 5.92 Å². The second-order valence-corrected chi connectivity index (χ2v) is 6.23. The number of fused-ring (bicyclic) bond motifs is 1. The van der Waals surface area contributed by atoms with Gasteiger partial charge in [0.1, 0.15) is 5.84 Å². The number of esters is 1. The van der Waals surface area contributed by atoms with Gasteiger partial charge >= 0.3 is 5.97 Å². The molecule has 0 aromatic heterocycles. The number of nitrogens with zero attached hydrogens (tertiary/aromatic N) is 2. The number of hydrogen-bond acceptors (Lipinski definition) is 4. The number of amidine groups is 1. The zero-order valence-electron chi connectivity index (χ0n) is 13.6.